The lowest BCUT2D eigenvalue weighted by atomic mass is 10.0. The molecule has 1 atom stereocenters. The Morgan fingerprint density at radius 3 is 2.23 bits per heavy atom. The van der Waals surface area contributed by atoms with Gasteiger partial charge < -0.3 is 21.5 Å². The number of amides is 2. The topological polar surface area (TPSA) is 122 Å². The highest BCUT2D eigenvalue weighted by Gasteiger charge is 2.21. The second kappa shape index (κ2) is 12.4. The fourth-order valence-electron chi connectivity index (χ4n) is 3.04. The van der Waals surface area contributed by atoms with Crippen LogP contribution in [0.5, 0.6) is 0 Å². The largest absolute Gasteiger partial charge is 0.481 e. The summed E-state index contributed by atoms with van der Waals surface area (Å²) in [5.41, 5.74) is 7.61. The molecular formula is C23H29N3O4. The molecule has 2 rings (SSSR count). The molecule has 0 saturated carbocycles. The zero-order chi connectivity index (χ0) is 21.8. The zero-order valence-corrected chi connectivity index (χ0v) is 17.0. The van der Waals surface area contributed by atoms with Crippen molar-refractivity contribution in [1.82, 2.24) is 5.32 Å². The summed E-state index contributed by atoms with van der Waals surface area (Å²) < 4.78 is 0. The van der Waals surface area contributed by atoms with Gasteiger partial charge in [-0.05, 0) is 42.6 Å². The highest BCUT2D eigenvalue weighted by atomic mass is 16.4. The lowest BCUT2D eigenvalue weighted by Gasteiger charge is -2.19. The fraction of sp³-hybridized carbons (Fsp3) is 0.348. The van der Waals surface area contributed by atoms with Crippen LogP contribution in [0.1, 0.15) is 36.8 Å². The number of nitrogens with one attached hydrogen (secondary N) is 2. The summed E-state index contributed by atoms with van der Waals surface area (Å²) >= 11 is 0. The second-order valence-corrected chi connectivity index (χ2v) is 7.17. The van der Waals surface area contributed by atoms with Gasteiger partial charge in [-0.15, -0.1) is 0 Å². The predicted molar refractivity (Wildman–Crippen MR) is 116 cm³/mol. The lowest BCUT2D eigenvalue weighted by Crippen LogP contribution is -2.45. The maximum Gasteiger partial charge on any atom is 0.307 e. The Morgan fingerprint density at radius 1 is 0.900 bits per heavy atom. The van der Waals surface area contributed by atoms with Gasteiger partial charge in [0.2, 0.25) is 11.8 Å². The van der Waals surface area contributed by atoms with E-state index in [9.17, 15) is 14.4 Å². The molecule has 0 aliphatic heterocycles. The van der Waals surface area contributed by atoms with Gasteiger partial charge in [-0.2, -0.15) is 0 Å². The molecule has 0 saturated heterocycles. The predicted octanol–water partition coefficient (Wildman–Crippen LogP) is 2.50. The van der Waals surface area contributed by atoms with Gasteiger partial charge in [0.1, 0.15) is 6.04 Å². The summed E-state index contributed by atoms with van der Waals surface area (Å²) in [5, 5.41) is 14.5. The van der Waals surface area contributed by atoms with Gasteiger partial charge in [-0.3, -0.25) is 14.4 Å². The molecule has 2 aromatic carbocycles. The second-order valence-electron chi connectivity index (χ2n) is 7.17. The van der Waals surface area contributed by atoms with Crippen molar-refractivity contribution >= 4 is 23.5 Å². The Balaban J connectivity index is 2.01. The average molecular weight is 412 g/mol. The first-order valence-electron chi connectivity index (χ1n) is 10.1. The van der Waals surface area contributed by atoms with Gasteiger partial charge in [0.25, 0.3) is 0 Å². The summed E-state index contributed by atoms with van der Waals surface area (Å²) in [6, 6.07) is 15.4. The van der Waals surface area contributed by atoms with E-state index in [0.29, 0.717) is 30.6 Å². The van der Waals surface area contributed by atoms with Crippen molar-refractivity contribution in [3.8, 4) is 0 Å². The first-order valence-corrected chi connectivity index (χ1v) is 10.1. The lowest BCUT2D eigenvalue weighted by molar-refractivity contribution is -0.136. The maximum absolute atomic E-state index is 12.9. The summed E-state index contributed by atoms with van der Waals surface area (Å²) in [6.45, 7) is 0.603. The molecule has 0 fully saturated rings. The first kappa shape index (κ1) is 23.1. The molecular weight excluding hydrogens is 382 g/mol. The van der Waals surface area contributed by atoms with Crippen LogP contribution in [0.4, 0.5) is 5.69 Å². The van der Waals surface area contributed by atoms with E-state index in [2.05, 4.69) is 10.6 Å². The molecule has 160 valence electrons. The van der Waals surface area contributed by atoms with E-state index in [1.165, 1.54) is 0 Å². The molecule has 5 N–H and O–H groups in total. The molecule has 0 aliphatic carbocycles. The van der Waals surface area contributed by atoms with E-state index in [-0.39, 0.29) is 18.2 Å². The van der Waals surface area contributed by atoms with Gasteiger partial charge in [0, 0.05) is 18.5 Å². The normalized spacial score (nSPS) is 11.5. The van der Waals surface area contributed by atoms with Crippen molar-refractivity contribution in [3.05, 3.63) is 65.7 Å². The van der Waals surface area contributed by atoms with Crippen LogP contribution >= 0.6 is 0 Å². The minimum Gasteiger partial charge on any atom is -0.481 e. The minimum absolute atomic E-state index is 0.0783. The Labute approximate surface area is 176 Å². The van der Waals surface area contributed by atoms with Crippen LogP contribution in [0.2, 0.25) is 0 Å². The van der Waals surface area contributed by atoms with Crippen molar-refractivity contribution in [2.24, 2.45) is 5.73 Å². The standard InChI is InChI=1S/C23H29N3O4/c24-14-6-2-5-9-21(27)26-20(15-17-7-3-1-4-8-17)23(30)25-19-12-10-18(11-13-19)16-22(28)29/h1,3-4,7-8,10-13,20H,2,5-6,9,14-16,24H2,(H,25,30)(H,26,27)(H,28,29)/t20-/m0/s1. The highest BCUT2D eigenvalue weighted by molar-refractivity contribution is 5.97. The molecule has 0 aromatic heterocycles. The van der Waals surface area contributed by atoms with Crippen LogP contribution in [-0.2, 0) is 27.2 Å². The smallest absolute Gasteiger partial charge is 0.307 e. The molecule has 2 aromatic rings. The van der Waals surface area contributed by atoms with Crippen LogP contribution < -0.4 is 16.4 Å². The van der Waals surface area contributed by atoms with Gasteiger partial charge in [0.05, 0.1) is 6.42 Å². The van der Waals surface area contributed by atoms with Crippen LogP contribution in [0.25, 0.3) is 0 Å². The number of hydrogen-bond donors (Lipinski definition) is 4. The number of aliphatic carboxylic acids is 1. The Morgan fingerprint density at radius 2 is 1.60 bits per heavy atom. The number of nitrogens with two attached hydrogens (primary N) is 1. The number of unbranched alkanes of at least 4 members (excludes halogenated alkanes) is 2. The first-order chi connectivity index (χ1) is 14.5. The number of carboxylic acids is 1. The van der Waals surface area contributed by atoms with E-state index in [0.717, 1.165) is 24.8 Å². The zero-order valence-electron chi connectivity index (χ0n) is 17.0. The van der Waals surface area contributed by atoms with E-state index >= 15 is 0 Å². The molecule has 7 heteroatoms. The van der Waals surface area contributed by atoms with E-state index in [1.807, 2.05) is 30.3 Å². The Hall–Kier alpha value is -3.19. The maximum atomic E-state index is 12.9. The molecule has 0 spiro atoms. The monoisotopic (exact) mass is 411 g/mol. The average Bonchev–Trinajstić information content (AvgIpc) is 2.72. The summed E-state index contributed by atoms with van der Waals surface area (Å²) in [5.74, 6) is -1.40. The fourth-order valence-corrected chi connectivity index (χ4v) is 3.04. The van der Waals surface area contributed by atoms with Gasteiger partial charge >= 0.3 is 5.97 Å². The van der Waals surface area contributed by atoms with Crippen molar-refractivity contribution in [1.29, 1.82) is 0 Å². The van der Waals surface area contributed by atoms with Crippen molar-refractivity contribution in [2.45, 2.75) is 44.6 Å². The number of anilines is 1. The van der Waals surface area contributed by atoms with Crippen molar-refractivity contribution in [2.75, 3.05) is 11.9 Å². The van der Waals surface area contributed by atoms with E-state index in [1.54, 1.807) is 24.3 Å². The molecule has 30 heavy (non-hydrogen) atoms. The third-order valence-corrected chi connectivity index (χ3v) is 4.62. The molecule has 0 bridgehead atoms. The summed E-state index contributed by atoms with van der Waals surface area (Å²) in [6.07, 6.45) is 3.13. The van der Waals surface area contributed by atoms with Crippen LogP contribution in [0.15, 0.2) is 54.6 Å². The van der Waals surface area contributed by atoms with Gasteiger partial charge in [0.15, 0.2) is 0 Å². The Bertz CT molecular complexity index is 822. The van der Waals surface area contributed by atoms with Crippen LogP contribution in [0, 0.1) is 0 Å². The van der Waals surface area contributed by atoms with E-state index < -0.39 is 12.0 Å². The quantitative estimate of drug-likeness (QED) is 0.400. The number of carbonyl (C=O) groups is 3. The molecule has 2 amide bonds. The highest BCUT2D eigenvalue weighted by Crippen LogP contribution is 2.12. The molecule has 0 unspecified atom stereocenters. The van der Waals surface area contributed by atoms with E-state index in [4.69, 9.17) is 10.8 Å². The third kappa shape index (κ3) is 8.45. The van der Waals surface area contributed by atoms with Crippen molar-refractivity contribution < 1.29 is 19.5 Å². The number of hydrogen-bond acceptors (Lipinski definition) is 4. The summed E-state index contributed by atoms with van der Waals surface area (Å²) in [4.78, 5) is 36.0. The molecule has 0 radical (unpaired) electrons. The van der Waals surface area contributed by atoms with Crippen molar-refractivity contribution in [3.63, 3.8) is 0 Å². The molecule has 0 aliphatic rings. The number of benzene rings is 2. The Kier molecular flexibility index (Phi) is 9.54. The number of carboxylic acid groups (broad SMARTS) is 1. The molecule has 0 heterocycles. The van der Waals surface area contributed by atoms with Gasteiger partial charge in [-0.25, -0.2) is 0 Å². The van der Waals surface area contributed by atoms with Gasteiger partial charge in [-0.1, -0.05) is 48.9 Å². The molecule has 7 nitrogen and oxygen atoms in total. The van der Waals surface area contributed by atoms with Crippen LogP contribution in [-0.4, -0.2) is 35.5 Å². The number of rotatable bonds is 12. The summed E-state index contributed by atoms with van der Waals surface area (Å²) in [7, 11) is 0. The third-order valence-electron chi connectivity index (χ3n) is 4.62. The van der Waals surface area contributed by atoms with Crippen LogP contribution in [0.3, 0.4) is 0 Å². The SMILES string of the molecule is NCCCCCC(=O)N[C@@H](Cc1ccccc1)C(=O)Nc1ccc(CC(=O)O)cc1. The minimum atomic E-state index is -0.913. The number of carbonyl (C=O) groups excluding carboxylic acids is 2.